The van der Waals surface area contributed by atoms with Crippen LogP contribution < -0.4 is 4.72 Å². The van der Waals surface area contributed by atoms with Gasteiger partial charge in [0.05, 0.1) is 17.5 Å². The third-order valence-corrected chi connectivity index (χ3v) is 5.81. The van der Waals surface area contributed by atoms with Crippen molar-refractivity contribution in [3.63, 3.8) is 0 Å². The van der Waals surface area contributed by atoms with Crippen LogP contribution in [0.3, 0.4) is 0 Å². The molecule has 0 unspecified atom stereocenters. The van der Waals surface area contributed by atoms with Gasteiger partial charge in [-0.3, -0.25) is 4.68 Å². The minimum absolute atomic E-state index is 0.0204. The summed E-state index contributed by atoms with van der Waals surface area (Å²) < 4.78 is 28.8. The standard InChI is InChI=1S/C14H26N4O3S/c1-11-14(12(2)17(3)16-11)22(20,21)15-9-13(19)10-18-7-5-4-6-8-18/h13,15,19H,4-10H2,1-3H3/t13-/m1/s1. The number of hydrogen-bond donors (Lipinski definition) is 2. The Labute approximate surface area is 132 Å². The minimum Gasteiger partial charge on any atom is -0.390 e. The lowest BCUT2D eigenvalue weighted by molar-refractivity contribution is 0.104. The number of likely N-dealkylation sites (tertiary alicyclic amines) is 1. The van der Waals surface area contributed by atoms with E-state index in [1.54, 1.807) is 25.6 Å². The lowest BCUT2D eigenvalue weighted by Crippen LogP contribution is -2.42. The molecule has 2 heterocycles. The molecule has 1 atom stereocenters. The molecule has 0 aromatic carbocycles. The van der Waals surface area contributed by atoms with Gasteiger partial charge in [0, 0.05) is 20.1 Å². The van der Waals surface area contributed by atoms with Gasteiger partial charge in [-0.1, -0.05) is 6.42 Å². The van der Waals surface area contributed by atoms with E-state index in [-0.39, 0.29) is 11.4 Å². The molecule has 126 valence electrons. The van der Waals surface area contributed by atoms with Gasteiger partial charge >= 0.3 is 0 Å². The molecule has 22 heavy (non-hydrogen) atoms. The predicted molar refractivity (Wildman–Crippen MR) is 84.2 cm³/mol. The van der Waals surface area contributed by atoms with Crippen LogP contribution in [-0.4, -0.2) is 60.5 Å². The van der Waals surface area contributed by atoms with E-state index in [0.717, 1.165) is 25.9 Å². The van der Waals surface area contributed by atoms with E-state index >= 15 is 0 Å². The van der Waals surface area contributed by atoms with Crippen LogP contribution >= 0.6 is 0 Å². The van der Waals surface area contributed by atoms with Gasteiger partial charge in [0.1, 0.15) is 4.90 Å². The normalized spacial score (nSPS) is 18.5. The zero-order valence-corrected chi connectivity index (χ0v) is 14.4. The van der Waals surface area contributed by atoms with Crippen molar-refractivity contribution in [3.05, 3.63) is 11.4 Å². The molecule has 1 aliphatic rings. The van der Waals surface area contributed by atoms with Crippen LogP contribution in [0.15, 0.2) is 4.90 Å². The predicted octanol–water partition coefficient (Wildman–Crippen LogP) is 0.162. The molecule has 7 nitrogen and oxygen atoms in total. The van der Waals surface area contributed by atoms with E-state index < -0.39 is 16.1 Å². The first-order valence-corrected chi connectivity index (χ1v) is 9.20. The Kier molecular flexibility index (Phi) is 5.60. The van der Waals surface area contributed by atoms with Crippen molar-refractivity contribution in [1.82, 2.24) is 19.4 Å². The highest BCUT2D eigenvalue weighted by atomic mass is 32.2. The molecule has 1 fully saturated rings. The second-order valence-electron chi connectivity index (χ2n) is 5.99. The van der Waals surface area contributed by atoms with Gasteiger partial charge in [-0.05, 0) is 39.8 Å². The Morgan fingerprint density at radius 1 is 1.27 bits per heavy atom. The van der Waals surface area contributed by atoms with Crippen molar-refractivity contribution in [2.75, 3.05) is 26.2 Å². The maximum Gasteiger partial charge on any atom is 0.244 e. The number of sulfonamides is 1. The summed E-state index contributed by atoms with van der Waals surface area (Å²) >= 11 is 0. The number of piperidine rings is 1. The number of aromatic nitrogens is 2. The van der Waals surface area contributed by atoms with Gasteiger partial charge in [-0.25, -0.2) is 13.1 Å². The number of nitrogens with zero attached hydrogens (tertiary/aromatic N) is 3. The van der Waals surface area contributed by atoms with Gasteiger partial charge in [0.25, 0.3) is 0 Å². The largest absolute Gasteiger partial charge is 0.390 e. The molecule has 0 aliphatic carbocycles. The minimum atomic E-state index is -3.65. The fraction of sp³-hybridized carbons (Fsp3) is 0.786. The molecular weight excluding hydrogens is 304 g/mol. The fourth-order valence-corrected chi connectivity index (χ4v) is 4.43. The van der Waals surface area contributed by atoms with Crippen LogP contribution in [-0.2, 0) is 17.1 Å². The second kappa shape index (κ2) is 7.08. The summed E-state index contributed by atoms with van der Waals surface area (Å²) in [6.07, 6.45) is 2.82. The highest BCUT2D eigenvalue weighted by Gasteiger charge is 2.24. The van der Waals surface area contributed by atoms with Crippen molar-refractivity contribution in [2.24, 2.45) is 7.05 Å². The maximum absolute atomic E-state index is 12.4. The Morgan fingerprint density at radius 3 is 2.45 bits per heavy atom. The fourth-order valence-electron chi connectivity index (χ4n) is 2.93. The van der Waals surface area contributed by atoms with Crippen molar-refractivity contribution in [3.8, 4) is 0 Å². The summed E-state index contributed by atoms with van der Waals surface area (Å²) in [4.78, 5) is 2.39. The first kappa shape index (κ1) is 17.4. The molecule has 1 aromatic heterocycles. The lowest BCUT2D eigenvalue weighted by atomic mass is 10.1. The molecule has 8 heteroatoms. The van der Waals surface area contributed by atoms with E-state index in [1.165, 1.54) is 6.42 Å². The van der Waals surface area contributed by atoms with Crippen molar-refractivity contribution < 1.29 is 13.5 Å². The molecule has 0 spiro atoms. The summed E-state index contributed by atoms with van der Waals surface area (Å²) in [5, 5.41) is 14.2. The Balaban J connectivity index is 1.94. The number of aliphatic hydroxyl groups is 1. The highest BCUT2D eigenvalue weighted by Crippen LogP contribution is 2.18. The molecule has 0 radical (unpaired) electrons. The Bertz CT molecular complexity index is 606. The van der Waals surface area contributed by atoms with Crippen molar-refractivity contribution >= 4 is 10.0 Å². The quantitative estimate of drug-likeness (QED) is 0.776. The lowest BCUT2D eigenvalue weighted by Gasteiger charge is -2.28. The van der Waals surface area contributed by atoms with Crippen LogP contribution in [0.2, 0.25) is 0 Å². The first-order valence-electron chi connectivity index (χ1n) is 7.71. The number of nitrogens with one attached hydrogen (secondary N) is 1. The van der Waals surface area contributed by atoms with Gasteiger partial charge in [0.15, 0.2) is 0 Å². The third kappa shape index (κ3) is 4.07. The Morgan fingerprint density at radius 2 is 1.91 bits per heavy atom. The number of hydrogen-bond acceptors (Lipinski definition) is 5. The molecule has 1 aliphatic heterocycles. The number of aryl methyl sites for hydroxylation is 2. The monoisotopic (exact) mass is 330 g/mol. The van der Waals surface area contributed by atoms with Gasteiger partial charge in [-0.2, -0.15) is 5.10 Å². The first-order chi connectivity index (χ1) is 10.3. The van der Waals surface area contributed by atoms with Crippen molar-refractivity contribution in [1.29, 1.82) is 0 Å². The average molecular weight is 330 g/mol. The van der Waals surface area contributed by atoms with Gasteiger partial charge in [-0.15, -0.1) is 0 Å². The summed E-state index contributed by atoms with van der Waals surface area (Å²) in [5.41, 5.74) is 1.06. The summed E-state index contributed by atoms with van der Waals surface area (Å²) in [5.74, 6) is 0. The van der Waals surface area contributed by atoms with Gasteiger partial charge in [0.2, 0.25) is 10.0 Å². The maximum atomic E-state index is 12.4. The van der Waals surface area contributed by atoms with Gasteiger partial charge < -0.3 is 10.0 Å². The summed E-state index contributed by atoms with van der Waals surface area (Å²) in [6.45, 7) is 5.87. The number of aliphatic hydroxyl groups excluding tert-OH is 1. The molecule has 2 N–H and O–H groups in total. The van der Waals surface area contributed by atoms with Crippen LogP contribution in [0.25, 0.3) is 0 Å². The summed E-state index contributed by atoms with van der Waals surface area (Å²) in [6, 6.07) is 0. The molecule has 1 saturated heterocycles. The molecule has 2 rings (SSSR count). The van der Waals surface area contributed by atoms with E-state index in [9.17, 15) is 13.5 Å². The van der Waals surface area contributed by atoms with Crippen molar-refractivity contribution in [2.45, 2.75) is 44.1 Å². The van der Waals surface area contributed by atoms with Crippen LogP contribution in [0, 0.1) is 13.8 Å². The SMILES string of the molecule is Cc1nn(C)c(C)c1S(=O)(=O)NC[C@@H](O)CN1CCCCC1. The zero-order chi connectivity index (χ0) is 16.3. The number of rotatable bonds is 6. The average Bonchev–Trinajstić information content (AvgIpc) is 2.72. The van der Waals surface area contributed by atoms with Crippen LogP contribution in [0.5, 0.6) is 0 Å². The molecule has 0 amide bonds. The molecule has 0 saturated carbocycles. The highest BCUT2D eigenvalue weighted by molar-refractivity contribution is 7.89. The Hall–Kier alpha value is -0.960. The smallest absolute Gasteiger partial charge is 0.244 e. The van der Waals surface area contributed by atoms with Crippen LogP contribution in [0.1, 0.15) is 30.7 Å². The third-order valence-electron chi connectivity index (χ3n) is 4.14. The number of β-amino-alcohol motifs (C(OH)–C–C–N with tert-alkyl or cyclic N) is 1. The van der Waals surface area contributed by atoms with E-state index in [1.807, 2.05) is 0 Å². The van der Waals surface area contributed by atoms with E-state index in [4.69, 9.17) is 0 Å². The van der Waals surface area contributed by atoms with E-state index in [2.05, 4.69) is 14.7 Å². The van der Waals surface area contributed by atoms with E-state index in [0.29, 0.717) is 17.9 Å². The second-order valence-corrected chi connectivity index (χ2v) is 7.69. The molecular formula is C14H26N4O3S. The summed E-state index contributed by atoms with van der Waals surface area (Å²) in [7, 11) is -1.93. The topological polar surface area (TPSA) is 87.5 Å². The molecule has 1 aromatic rings. The molecule has 0 bridgehead atoms. The van der Waals surface area contributed by atoms with Crippen LogP contribution in [0.4, 0.5) is 0 Å². The zero-order valence-electron chi connectivity index (χ0n) is 13.5.